The molecule has 138 valence electrons. The standard InChI is InChI=1S/C20H15N5O2S/c1-2-17(26)22-13-5-3-7-15(11-13)27-19-18-16(8-10-28-18)24-20(25-19)23-14-6-4-9-21-12-14/h2-12H,1H2,(H,22,26)(H,23,24,25). The van der Waals surface area contributed by atoms with Gasteiger partial charge in [-0.15, -0.1) is 11.3 Å². The van der Waals surface area contributed by atoms with Gasteiger partial charge in [-0.05, 0) is 41.8 Å². The van der Waals surface area contributed by atoms with Crippen LogP contribution in [-0.4, -0.2) is 20.9 Å². The van der Waals surface area contributed by atoms with Crippen molar-refractivity contribution >= 4 is 44.8 Å². The van der Waals surface area contributed by atoms with Crippen molar-refractivity contribution in [1.29, 1.82) is 0 Å². The van der Waals surface area contributed by atoms with E-state index in [-0.39, 0.29) is 5.91 Å². The molecule has 8 heteroatoms. The van der Waals surface area contributed by atoms with Crippen LogP contribution in [0.2, 0.25) is 0 Å². The number of amides is 1. The predicted octanol–water partition coefficient (Wildman–Crippen LogP) is 4.75. The molecule has 1 aromatic carbocycles. The van der Waals surface area contributed by atoms with Crippen molar-refractivity contribution in [3.8, 4) is 11.6 Å². The lowest BCUT2D eigenvalue weighted by Crippen LogP contribution is -2.07. The molecule has 7 nitrogen and oxygen atoms in total. The summed E-state index contributed by atoms with van der Waals surface area (Å²) in [4.78, 5) is 24.6. The first-order chi connectivity index (χ1) is 13.7. The van der Waals surface area contributed by atoms with Crippen LogP contribution in [0.4, 0.5) is 17.3 Å². The highest BCUT2D eigenvalue weighted by Crippen LogP contribution is 2.33. The Morgan fingerprint density at radius 2 is 2.04 bits per heavy atom. The molecule has 0 aliphatic heterocycles. The van der Waals surface area contributed by atoms with Crippen LogP contribution in [0, 0.1) is 0 Å². The number of carbonyl (C=O) groups excluding carboxylic acids is 1. The summed E-state index contributed by atoms with van der Waals surface area (Å²) in [6, 6.07) is 12.7. The van der Waals surface area contributed by atoms with E-state index in [0.717, 1.165) is 15.9 Å². The number of thiophene rings is 1. The fourth-order valence-corrected chi connectivity index (χ4v) is 3.23. The normalized spacial score (nSPS) is 10.4. The van der Waals surface area contributed by atoms with Gasteiger partial charge >= 0.3 is 0 Å². The number of ether oxygens (including phenoxy) is 1. The maximum atomic E-state index is 11.5. The molecule has 4 aromatic rings. The van der Waals surface area contributed by atoms with Crippen molar-refractivity contribution in [1.82, 2.24) is 15.0 Å². The zero-order valence-electron chi connectivity index (χ0n) is 14.6. The quantitative estimate of drug-likeness (QED) is 0.463. The molecule has 0 aliphatic carbocycles. The minimum atomic E-state index is -0.289. The van der Waals surface area contributed by atoms with Gasteiger partial charge in [-0.3, -0.25) is 9.78 Å². The van der Waals surface area contributed by atoms with Crippen molar-refractivity contribution < 1.29 is 9.53 Å². The second-order valence-corrected chi connectivity index (χ2v) is 6.59. The van der Waals surface area contributed by atoms with Gasteiger partial charge in [0.1, 0.15) is 10.4 Å². The molecule has 28 heavy (non-hydrogen) atoms. The molecule has 0 aliphatic rings. The Balaban J connectivity index is 1.65. The first kappa shape index (κ1) is 17.6. The van der Waals surface area contributed by atoms with Crippen LogP contribution in [0.25, 0.3) is 10.2 Å². The van der Waals surface area contributed by atoms with Gasteiger partial charge in [0, 0.05) is 18.0 Å². The van der Waals surface area contributed by atoms with Gasteiger partial charge in [-0.25, -0.2) is 4.98 Å². The van der Waals surface area contributed by atoms with Gasteiger partial charge in [0.05, 0.1) is 17.4 Å². The number of anilines is 3. The summed E-state index contributed by atoms with van der Waals surface area (Å²) in [6.07, 6.45) is 4.60. The lowest BCUT2D eigenvalue weighted by atomic mass is 10.3. The van der Waals surface area contributed by atoms with Crippen LogP contribution in [-0.2, 0) is 4.79 Å². The smallest absolute Gasteiger partial charge is 0.247 e. The van der Waals surface area contributed by atoms with Crippen molar-refractivity contribution in [2.45, 2.75) is 0 Å². The molecule has 2 N–H and O–H groups in total. The second kappa shape index (κ2) is 7.85. The Morgan fingerprint density at radius 1 is 1.14 bits per heavy atom. The first-order valence-corrected chi connectivity index (χ1v) is 9.23. The number of aromatic nitrogens is 3. The van der Waals surface area contributed by atoms with Crippen molar-refractivity contribution in [3.05, 3.63) is 72.9 Å². The van der Waals surface area contributed by atoms with E-state index in [2.05, 4.69) is 32.2 Å². The van der Waals surface area contributed by atoms with Crippen LogP contribution in [0.1, 0.15) is 0 Å². The summed E-state index contributed by atoms with van der Waals surface area (Å²) in [5.74, 6) is 1.09. The van der Waals surface area contributed by atoms with E-state index >= 15 is 0 Å². The summed E-state index contributed by atoms with van der Waals surface area (Å²) in [5.41, 5.74) is 2.15. The second-order valence-electron chi connectivity index (χ2n) is 5.68. The third-order valence-electron chi connectivity index (χ3n) is 3.69. The highest BCUT2D eigenvalue weighted by atomic mass is 32.1. The molecule has 0 atom stereocenters. The minimum Gasteiger partial charge on any atom is -0.437 e. The zero-order valence-corrected chi connectivity index (χ0v) is 15.4. The molecule has 1 amide bonds. The maximum Gasteiger partial charge on any atom is 0.247 e. The number of nitrogens with zero attached hydrogens (tertiary/aromatic N) is 3. The van der Waals surface area contributed by atoms with Gasteiger partial charge < -0.3 is 15.4 Å². The Bertz CT molecular complexity index is 1140. The molecule has 0 spiro atoms. The summed E-state index contributed by atoms with van der Waals surface area (Å²) in [6.45, 7) is 3.45. The highest BCUT2D eigenvalue weighted by molar-refractivity contribution is 7.17. The van der Waals surface area contributed by atoms with Crippen LogP contribution in [0.5, 0.6) is 11.6 Å². The fourth-order valence-electron chi connectivity index (χ4n) is 2.47. The number of nitrogens with one attached hydrogen (secondary N) is 2. The van der Waals surface area contributed by atoms with Crippen LogP contribution >= 0.6 is 11.3 Å². The summed E-state index contributed by atoms with van der Waals surface area (Å²) < 4.78 is 6.84. The largest absolute Gasteiger partial charge is 0.437 e. The van der Waals surface area contributed by atoms with Gasteiger partial charge in [0.15, 0.2) is 0 Å². The van der Waals surface area contributed by atoms with Gasteiger partial charge in [-0.1, -0.05) is 12.6 Å². The van der Waals surface area contributed by atoms with Gasteiger partial charge in [0.2, 0.25) is 17.7 Å². The van der Waals surface area contributed by atoms with E-state index < -0.39 is 0 Å². The molecule has 3 heterocycles. The summed E-state index contributed by atoms with van der Waals surface area (Å²) in [5, 5.41) is 7.77. The number of fused-ring (bicyclic) bond motifs is 1. The highest BCUT2D eigenvalue weighted by Gasteiger charge is 2.12. The molecule has 3 aromatic heterocycles. The van der Waals surface area contributed by atoms with E-state index in [0.29, 0.717) is 23.3 Å². The van der Waals surface area contributed by atoms with E-state index in [9.17, 15) is 4.79 Å². The fraction of sp³-hybridized carbons (Fsp3) is 0. The average molecular weight is 389 g/mol. The lowest BCUT2D eigenvalue weighted by molar-refractivity contribution is -0.111. The number of rotatable bonds is 6. The van der Waals surface area contributed by atoms with Crippen LogP contribution in [0.15, 0.2) is 72.9 Å². The SMILES string of the molecule is C=CC(=O)Nc1cccc(Oc2nc(Nc3cccnc3)nc3ccsc23)c1. The number of hydrogen-bond donors (Lipinski definition) is 2. The average Bonchev–Trinajstić information content (AvgIpc) is 3.18. The lowest BCUT2D eigenvalue weighted by Gasteiger charge is -2.10. The van der Waals surface area contributed by atoms with E-state index in [1.54, 1.807) is 36.7 Å². The van der Waals surface area contributed by atoms with E-state index in [1.807, 2.05) is 23.6 Å². The number of benzene rings is 1. The monoisotopic (exact) mass is 389 g/mol. The minimum absolute atomic E-state index is 0.289. The van der Waals surface area contributed by atoms with Crippen molar-refractivity contribution in [2.75, 3.05) is 10.6 Å². The number of carbonyl (C=O) groups is 1. The molecule has 0 saturated carbocycles. The zero-order chi connectivity index (χ0) is 19.3. The third kappa shape index (κ3) is 3.97. The third-order valence-corrected chi connectivity index (χ3v) is 4.58. The molecular formula is C20H15N5O2S. The molecule has 4 rings (SSSR count). The maximum absolute atomic E-state index is 11.5. The topological polar surface area (TPSA) is 89.0 Å². The van der Waals surface area contributed by atoms with Gasteiger partial charge in [-0.2, -0.15) is 4.98 Å². The predicted molar refractivity (Wildman–Crippen MR) is 110 cm³/mol. The van der Waals surface area contributed by atoms with Crippen molar-refractivity contribution in [2.24, 2.45) is 0 Å². The Hall–Kier alpha value is -3.78. The van der Waals surface area contributed by atoms with E-state index in [4.69, 9.17) is 4.74 Å². The molecule has 0 saturated heterocycles. The molecule has 0 fully saturated rings. The molecule has 0 radical (unpaired) electrons. The molecule has 0 bridgehead atoms. The Labute approximate surface area is 164 Å². The Kier molecular flexibility index (Phi) is 4.94. The van der Waals surface area contributed by atoms with Gasteiger partial charge in [0.25, 0.3) is 0 Å². The Morgan fingerprint density at radius 3 is 2.86 bits per heavy atom. The molecule has 0 unspecified atom stereocenters. The van der Waals surface area contributed by atoms with Crippen LogP contribution < -0.4 is 15.4 Å². The van der Waals surface area contributed by atoms with E-state index in [1.165, 1.54) is 17.4 Å². The van der Waals surface area contributed by atoms with Crippen molar-refractivity contribution in [3.63, 3.8) is 0 Å². The number of hydrogen-bond acceptors (Lipinski definition) is 7. The van der Waals surface area contributed by atoms with Crippen LogP contribution in [0.3, 0.4) is 0 Å². The molecular weight excluding hydrogens is 374 g/mol. The summed E-state index contributed by atoms with van der Waals surface area (Å²) >= 11 is 1.49. The first-order valence-electron chi connectivity index (χ1n) is 8.35. The summed E-state index contributed by atoms with van der Waals surface area (Å²) in [7, 11) is 0. The number of pyridine rings is 1.